The monoisotopic (exact) mass is 249 g/mol. The molecule has 0 aliphatic carbocycles. The first-order valence-electron chi connectivity index (χ1n) is 4.78. The third-order valence-corrected chi connectivity index (χ3v) is 4.53. The molecule has 16 heavy (non-hydrogen) atoms. The van der Waals surface area contributed by atoms with Crippen LogP contribution in [0.15, 0.2) is 23.1 Å². The van der Waals surface area contributed by atoms with Gasteiger partial charge in [-0.1, -0.05) is 0 Å². The quantitative estimate of drug-likeness (QED) is 0.822. The van der Waals surface area contributed by atoms with Gasteiger partial charge >= 0.3 is 0 Å². The van der Waals surface area contributed by atoms with Crippen LogP contribution >= 0.6 is 0 Å². The van der Waals surface area contributed by atoms with Crippen molar-refractivity contribution in [1.29, 1.82) is 0 Å². The fraction of sp³-hybridized carbons (Fsp3) is 0.400. The molecule has 0 radical (unpaired) electrons. The third-order valence-electron chi connectivity index (χ3n) is 2.32. The van der Waals surface area contributed by atoms with Gasteiger partial charge in [-0.05, 0) is 38.1 Å². The molecule has 1 aromatic rings. The number of sulfone groups is 1. The molecule has 0 aliphatic heterocycles. The Hall–Kier alpha value is -1.01. The van der Waals surface area contributed by atoms with Crippen molar-refractivity contribution in [2.24, 2.45) is 5.73 Å². The Bertz CT molecular complexity index is 474. The number of halogens is 2. The molecule has 1 rings (SSSR count). The SMILES string of the molecule is CC(CCN)S(=O)(=O)c1ccc(F)c(F)c1. The average Bonchev–Trinajstić information content (AvgIpc) is 2.22. The van der Waals surface area contributed by atoms with Gasteiger partial charge in [0.2, 0.25) is 0 Å². The first-order valence-corrected chi connectivity index (χ1v) is 6.33. The fourth-order valence-electron chi connectivity index (χ4n) is 1.28. The smallest absolute Gasteiger partial charge is 0.181 e. The van der Waals surface area contributed by atoms with Crippen LogP contribution < -0.4 is 5.73 Å². The predicted octanol–water partition coefficient (Wildman–Crippen LogP) is 1.48. The summed E-state index contributed by atoms with van der Waals surface area (Å²) in [6.07, 6.45) is 0.279. The van der Waals surface area contributed by atoms with E-state index >= 15 is 0 Å². The van der Waals surface area contributed by atoms with Crippen LogP contribution in [0.2, 0.25) is 0 Å². The molecule has 1 unspecified atom stereocenters. The normalized spacial score (nSPS) is 13.8. The van der Waals surface area contributed by atoms with E-state index in [1.807, 2.05) is 0 Å². The average molecular weight is 249 g/mol. The Balaban J connectivity index is 3.12. The maximum absolute atomic E-state index is 12.9. The van der Waals surface area contributed by atoms with Crippen LogP contribution in [0.5, 0.6) is 0 Å². The number of benzene rings is 1. The number of hydrogen-bond acceptors (Lipinski definition) is 3. The van der Waals surface area contributed by atoms with E-state index in [-0.39, 0.29) is 17.9 Å². The maximum atomic E-state index is 12.9. The van der Waals surface area contributed by atoms with Gasteiger partial charge < -0.3 is 5.73 Å². The summed E-state index contributed by atoms with van der Waals surface area (Å²) in [6.45, 7) is 1.72. The molecule has 1 aromatic carbocycles. The van der Waals surface area contributed by atoms with Crippen molar-refractivity contribution in [2.45, 2.75) is 23.5 Å². The third kappa shape index (κ3) is 2.56. The van der Waals surface area contributed by atoms with Gasteiger partial charge in [0, 0.05) is 0 Å². The zero-order valence-electron chi connectivity index (χ0n) is 8.78. The van der Waals surface area contributed by atoms with E-state index in [1.54, 1.807) is 0 Å². The molecular weight excluding hydrogens is 236 g/mol. The molecule has 3 nitrogen and oxygen atoms in total. The molecule has 0 saturated carbocycles. The van der Waals surface area contributed by atoms with Crippen molar-refractivity contribution in [3.63, 3.8) is 0 Å². The number of hydrogen-bond donors (Lipinski definition) is 1. The Kier molecular flexibility index (Phi) is 3.98. The molecule has 90 valence electrons. The fourth-order valence-corrected chi connectivity index (χ4v) is 2.71. The van der Waals surface area contributed by atoms with Gasteiger partial charge in [-0.15, -0.1) is 0 Å². The van der Waals surface area contributed by atoms with Gasteiger partial charge in [0.15, 0.2) is 21.5 Å². The van der Waals surface area contributed by atoms with Crippen LogP contribution in [0.1, 0.15) is 13.3 Å². The summed E-state index contributed by atoms with van der Waals surface area (Å²) in [5.41, 5.74) is 5.26. The van der Waals surface area contributed by atoms with E-state index in [1.165, 1.54) is 6.92 Å². The largest absolute Gasteiger partial charge is 0.330 e. The van der Waals surface area contributed by atoms with Crippen LogP contribution in [0.25, 0.3) is 0 Å². The van der Waals surface area contributed by atoms with E-state index < -0.39 is 26.7 Å². The Labute approximate surface area is 93.2 Å². The Morgan fingerprint density at radius 2 is 1.94 bits per heavy atom. The second-order valence-corrected chi connectivity index (χ2v) is 5.88. The molecule has 0 spiro atoms. The molecule has 1 atom stereocenters. The molecule has 0 heterocycles. The molecule has 0 saturated heterocycles. The summed E-state index contributed by atoms with van der Waals surface area (Å²) in [5.74, 6) is -2.23. The highest BCUT2D eigenvalue weighted by Crippen LogP contribution is 2.19. The second-order valence-electron chi connectivity index (χ2n) is 3.51. The highest BCUT2D eigenvalue weighted by atomic mass is 32.2. The molecule has 6 heteroatoms. The summed E-state index contributed by atoms with van der Waals surface area (Å²) in [4.78, 5) is -0.215. The summed E-state index contributed by atoms with van der Waals surface area (Å²) >= 11 is 0. The first kappa shape index (κ1) is 13.1. The van der Waals surface area contributed by atoms with E-state index in [4.69, 9.17) is 5.73 Å². The van der Waals surface area contributed by atoms with E-state index in [0.29, 0.717) is 6.07 Å². The van der Waals surface area contributed by atoms with E-state index in [2.05, 4.69) is 0 Å². The van der Waals surface area contributed by atoms with Crippen molar-refractivity contribution in [3.05, 3.63) is 29.8 Å². The van der Waals surface area contributed by atoms with Crippen molar-refractivity contribution in [2.75, 3.05) is 6.54 Å². The zero-order chi connectivity index (χ0) is 12.3. The van der Waals surface area contributed by atoms with Gasteiger partial charge in [0.1, 0.15) is 0 Å². The topological polar surface area (TPSA) is 60.2 Å². The predicted molar refractivity (Wildman–Crippen MR) is 56.7 cm³/mol. The minimum atomic E-state index is -3.63. The van der Waals surface area contributed by atoms with E-state index in [0.717, 1.165) is 12.1 Å². The lowest BCUT2D eigenvalue weighted by Crippen LogP contribution is -2.21. The summed E-state index contributed by atoms with van der Waals surface area (Å²) < 4.78 is 49.2. The zero-order valence-corrected chi connectivity index (χ0v) is 9.60. The van der Waals surface area contributed by atoms with Gasteiger partial charge in [-0.3, -0.25) is 0 Å². The molecular formula is C10H13F2NO2S. The van der Waals surface area contributed by atoms with Crippen molar-refractivity contribution < 1.29 is 17.2 Å². The molecule has 0 bridgehead atoms. The Morgan fingerprint density at radius 1 is 1.31 bits per heavy atom. The molecule has 0 amide bonds. The standard InChI is InChI=1S/C10H13F2NO2S/c1-7(4-5-13)16(14,15)8-2-3-9(11)10(12)6-8/h2-3,6-7H,4-5,13H2,1H3. The molecule has 0 fully saturated rings. The van der Waals surface area contributed by atoms with Gasteiger partial charge in [0.25, 0.3) is 0 Å². The van der Waals surface area contributed by atoms with Crippen LogP contribution in [0.4, 0.5) is 8.78 Å². The lowest BCUT2D eigenvalue weighted by atomic mass is 10.3. The second kappa shape index (κ2) is 4.88. The van der Waals surface area contributed by atoms with Crippen molar-refractivity contribution in [3.8, 4) is 0 Å². The summed E-state index contributed by atoms with van der Waals surface area (Å²) in [5, 5.41) is -0.706. The molecule has 2 N–H and O–H groups in total. The van der Waals surface area contributed by atoms with Crippen LogP contribution in [0.3, 0.4) is 0 Å². The van der Waals surface area contributed by atoms with Crippen LogP contribution in [-0.2, 0) is 9.84 Å². The molecule has 0 aliphatic rings. The Morgan fingerprint density at radius 3 is 2.44 bits per heavy atom. The van der Waals surface area contributed by atoms with Crippen LogP contribution in [-0.4, -0.2) is 20.2 Å². The summed E-state index contributed by atoms with van der Waals surface area (Å²) in [6, 6.07) is 2.55. The lowest BCUT2D eigenvalue weighted by Gasteiger charge is -2.11. The highest BCUT2D eigenvalue weighted by Gasteiger charge is 2.23. The van der Waals surface area contributed by atoms with Gasteiger partial charge in [-0.2, -0.15) is 0 Å². The van der Waals surface area contributed by atoms with Gasteiger partial charge in [0.05, 0.1) is 10.1 Å². The van der Waals surface area contributed by atoms with Crippen molar-refractivity contribution >= 4 is 9.84 Å². The maximum Gasteiger partial charge on any atom is 0.181 e. The minimum Gasteiger partial charge on any atom is -0.330 e. The first-order chi connectivity index (χ1) is 7.39. The number of nitrogens with two attached hydrogens (primary N) is 1. The molecule has 0 aromatic heterocycles. The van der Waals surface area contributed by atoms with Gasteiger partial charge in [-0.25, -0.2) is 17.2 Å². The minimum absolute atomic E-state index is 0.215. The number of rotatable bonds is 4. The summed E-state index contributed by atoms with van der Waals surface area (Å²) in [7, 11) is -3.63. The lowest BCUT2D eigenvalue weighted by molar-refractivity contribution is 0.504. The van der Waals surface area contributed by atoms with E-state index in [9.17, 15) is 17.2 Å². The van der Waals surface area contributed by atoms with Crippen LogP contribution in [0, 0.1) is 11.6 Å². The van der Waals surface area contributed by atoms with Crippen molar-refractivity contribution in [1.82, 2.24) is 0 Å². The highest BCUT2D eigenvalue weighted by molar-refractivity contribution is 7.92.